The Morgan fingerprint density at radius 3 is 2.37 bits per heavy atom. The molecule has 0 aromatic heterocycles. The summed E-state index contributed by atoms with van der Waals surface area (Å²) in [5.74, 6) is 0.178. The van der Waals surface area contributed by atoms with Crippen molar-refractivity contribution in [1.82, 2.24) is 0 Å². The lowest BCUT2D eigenvalue weighted by molar-refractivity contribution is -0.384. The summed E-state index contributed by atoms with van der Waals surface area (Å²) >= 11 is 0. The first-order chi connectivity index (χ1) is 12.9. The van der Waals surface area contributed by atoms with Gasteiger partial charge in [-0.3, -0.25) is 19.7 Å². The predicted octanol–water partition coefficient (Wildman–Crippen LogP) is 3.29. The maximum Gasteiger partial charge on any atom is 0.310 e. The first-order valence-electron chi connectivity index (χ1n) is 9.31. The van der Waals surface area contributed by atoms with Gasteiger partial charge in [0.1, 0.15) is 5.82 Å². The number of hydrogen-bond acceptors (Lipinski definition) is 5. The fraction of sp³-hybridized carbons (Fsp3) is 0.579. The standard InChI is InChI=1S/C19H21FN2O5/c20-15-2-1-14(22(25)26)8-16(15)21-17(23)9-27-19(24)18-12-4-10-3-11(6-12)7-13(18)5-10/h1-2,8,10-13,18H,3-7,9H2,(H,21,23). The minimum atomic E-state index is -0.790. The zero-order valence-corrected chi connectivity index (χ0v) is 14.7. The molecule has 0 unspecified atom stereocenters. The Morgan fingerprint density at radius 1 is 1.15 bits per heavy atom. The number of carbonyl (C=O) groups is 2. The van der Waals surface area contributed by atoms with E-state index in [2.05, 4.69) is 5.32 Å². The van der Waals surface area contributed by atoms with Crippen LogP contribution in [0.15, 0.2) is 18.2 Å². The van der Waals surface area contributed by atoms with Crippen molar-refractivity contribution in [3.05, 3.63) is 34.1 Å². The van der Waals surface area contributed by atoms with Gasteiger partial charge < -0.3 is 10.1 Å². The second kappa shape index (κ2) is 6.90. The molecule has 4 aliphatic rings. The molecule has 144 valence electrons. The SMILES string of the molecule is O=C(COC(=O)C1C2CC3CC(C2)CC1C3)Nc1cc([N+](=O)[O-])ccc1F. The molecule has 1 aromatic carbocycles. The van der Waals surface area contributed by atoms with Crippen LogP contribution in [0, 0.1) is 45.5 Å². The van der Waals surface area contributed by atoms with E-state index in [1.165, 1.54) is 6.42 Å². The summed E-state index contributed by atoms with van der Waals surface area (Å²) in [6.45, 7) is -0.524. The number of nitro benzene ring substituents is 1. The van der Waals surface area contributed by atoms with Crippen molar-refractivity contribution in [2.24, 2.45) is 29.6 Å². The molecule has 8 heteroatoms. The second-order valence-electron chi connectivity index (χ2n) is 8.03. The number of benzene rings is 1. The zero-order chi connectivity index (χ0) is 19.1. The van der Waals surface area contributed by atoms with Gasteiger partial charge in [0.15, 0.2) is 6.61 Å². The molecule has 1 N–H and O–H groups in total. The summed E-state index contributed by atoms with van der Waals surface area (Å²) in [6, 6.07) is 2.86. The molecular weight excluding hydrogens is 355 g/mol. The smallest absolute Gasteiger partial charge is 0.310 e. The van der Waals surface area contributed by atoms with Crippen LogP contribution >= 0.6 is 0 Å². The van der Waals surface area contributed by atoms with E-state index in [-0.39, 0.29) is 23.3 Å². The minimum Gasteiger partial charge on any atom is -0.455 e. The van der Waals surface area contributed by atoms with E-state index >= 15 is 0 Å². The van der Waals surface area contributed by atoms with Gasteiger partial charge in [-0.25, -0.2) is 4.39 Å². The molecular formula is C19H21FN2O5. The Labute approximate surface area is 155 Å². The summed E-state index contributed by atoms with van der Waals surface area (Å²) in [5, 5.41) is 13.0. The number of ether oxygens (including phenoxy) is 1. The molecule has 0 aliphatic heterocycles. The molecule has 0 radical (unpaired) electrons. The van der Waals surface area contributed by atoms with Gasteiger partial charge >= 0.3 is 5.97 Å². The summed E-state index contributed by atoms with van der Waals surface area (Å²) in [4.78, 5) is 34.6. The quantitative estimate of drug-likeness (QED) is 0.483. The van der Waals surface area contributed by atoms with Crippen molar-refractivity contribution < 1.29 is 23.6 Å². The third-order valence-corrected chi connectivity index (χ3v) is 6.28. The molecule has 0 spiro atoms. The number of nitrogens with one attached hydrogen (secondary N) is 1. The molecule has 4 fully saturated rings. The van der Waals surface area contributed by atoms with Crippen LogP contribution in [-0.2, 0) is 14.3 Å². The molecule has 7 nitrogen and oxygen atoms in total. The van der Waals surface area contributed by atoms with Crippen LogP contribution in [0.25, 0.3) is 0 Å². The van der Waals surface area contributed by atoms with Crippen molar-refractivity contribution in [1.29, 1.82) is 0 Å². The Balaban J connectivity index is 1.34. The molecule has 5 rings (SSSR count). The van der Waals surface area contributed by atoms with Crippen LogP contribution in [-0.4, -0.2) is 23.4 Å². The Hall–Kier alpha value is -2.51. The van der Waals surface area contributed by atoms with E-state index in [9.17, 15) is 24.1 Å². The first kappa shape index (κ1) is 17.9. The van der Waals surface area contributed by atoms with Gasteiger partial charge in [-0.15, -0.1) is 0 Å². The predicted molar refractivity (Wildman–Crippen MR) is 93.2 cm³/mol. The highest BCUT2D eigenvalue weighted by atomic mass is 19.1. The lowest BCUT2D eigenvalue weighted by atomic mass is 9.52. The number of carbonyl (C=O) groups excluding carboxylic acids is 2. The number of non-ortho nitro benzene ring substituents is 1. The van der Waals surface area contributed by atoms with E-state index in [1.54, 1.807) is 0 Å². The van der Waals surface area contributed by atoms with Crippen LogP contribution in [0.5, 0.6) is 0 Å². The molecule has 4 saturated carbocycles. The highest BCUT2D eigenvalue weighted by Gasteiger charge is 2.51. The Morgan fingerprint density at radius 2 is 1.78 bits per heavy atom. The third kappa shape index (κ3) is 3.52. The summed E-state index contributed by atoms with van der Waals surface area (Å²) < 4.78 is 18.9. The van der Waals surface area contributed by atoms with Crippen molar-refractivity contribution in [3.8, 4) is 0 Å². The highest BCUT2D eigenvalue weighted by molar-refractivity contribution is 5.93. The monoisotopic (exact) mass is 376 g/mol. The lowest BCUT2D eigenvalue weighted by Gasteiger charge is -2.53. The van der Waals surface area contributed by atoms with Crippen LogP contribution < -0.4 is 5.32 Å². The maximum absolute atomic E-state index is 13.7. The topological polar surface area (TPSA) is 98.5 Å². The number of esters is 1. The summed E-state index contributed by atoms with van der Waals surface area (Å²) in [5.41, 5.74) is -0.642. The van der Waals surface area contributed by atoms with Crippen LogP contribution in [0.1, 0.15) is 32.1 Å². The average Bonchev–Trinajstić information content (AvgIpc) is 2.60. The molecule has 4 aliphatic carbocycles. The van der Waals surface area contributed by atoms with Crippen molar-refractivity contribution in [2.75, 3.05) is 11.9 Å². The van der Waals surface area contributed by atoms with Crippen molar-refractivity contribution in [2.45, 2.75) is 32.1 Å². The maximum atomic E-state index is 13.7. The average molecular weight is 376 g/mol. The Bertz CT molecular complexity index is 768. The van der Waals surface area contributed by atoms with Gasteiger partial charge in [0, 0.05) is 12.1 Å². The van der Waals surface area contributed by atoms with E-state index in [4.69, 9.17) is 4.74 Å². The second-order valence-corrected chi connectivity index (χ2v) is 8.03. The van der Waals surface area contributed by atoms with Crippen LogP contribution in [0.3, 0.4) is 0 Å². The van der Waals surface area contributed by atoms with Crippen molar-refractivity contribution in [3.63, 3.8) is 0 Å². The van der Waals surface area contributed by atoms with E-state index in [0.29, 0.717) is 11.8 Å². The fourth-order valence-corrected chi connectivity index (χ4v) is 5.45. The summed E-state index contributed by atoms with van der Waals surface area (Å²) in [7, 11) is 0. The number of hydrogen-bond donors (Lipinski definition) is 1. The molecule has 0 atom stereocenters. The first-order valence-corrected chi connectivity index (χ1v) is 9.31. The number of nitrogens with zero attached hydrogens (tertiary/aromatic N) is 1. The minimum absolute atomic E-state index is 0.139. The van der Waals surface area contributed by atoms with Gasteiger partial charge in [-0.1, -0.05) is 0 Å². The highest BCUT2D eigenvalue weighted by Crippen LogP contribution is 2.56. The van der Waals surface area contributed by atoms with Gasteiger partial charge in [-0.05, 0) is 61.8 Å². The molecule has 0 heterocycles. The van der Waals surface area contributed by atoms with Gasteiger partial charge in [0.25, 0.3) is 11.6 Å². The molecule has 27 heavy (non-hydrogen) atoms. The number of anilines is 1. The van der Waals surface area contributed by atoms with E-state index in [1.807, 2.05) is 0 Å². The molecule has 1 aromatic rings. The number of halogens is 1. The van der Waals surface area contributed by atoms with E-state index < -0.39 is 23.3 Å². The van der Waals surface area contributed by atoms with Crippen LogP contribution in [0.4, 0.5) is 15.8 Å². The van der Waals surface area contributed by atoms with Crippen LogP contribution in [0.2, 0.25) is 0 Å². The Kier molecular flexibility index (Phi) is 4.57. The summed E-state index contributed by atoms with van der Waals surface area (Å²) in [6.07, 6.45) is 5.55. The lowest BCUT2D eigenvalue weighted by Crippen LogP contribution is -2.48. The fourth-order valence-electron chi connectivity index (χ4n) is 5.45. The van der Waals surface area contributed by atoms with Gasteiger partial charge in [0.05, 0.1) is 16.5 Å². The third-order valence-electron chi connectivity index (χ3n) is 6.28. The zero-order valence-electron chi connectivity index (χ0n) is 14.7. The largest absolute Gasteiger partial charge is 0.455 e. The van der Waals surface area contributed by atoms with E-state index in [0.717, 1.165) is 55.7 Å². The van der Waals surface area contributed by atoms with Crippen molar-refractivity contribution >= 4 is 23.3 Å². The number of rotatable bonds is 5. The normalized spacial score (nSPS) is 30.8. The van der Waals surface area contributed by atoms with Gasteiger partial charge in [0.2, 0.25) is 0 Å². The molecule has 4 bridgehead atoms. The number of nitro groups is 1. The van der Waals surface area contributed by atoms with Gasteiger partial charge in [-0.2, -0.15) is 0 Å². The number of amides is 1. The molecule has 0 saturated heterocycles. The molecule has 1 amide bonds.